The Morgan fingerprint density at radius 2 is 1.96 bits per heavy atom. The molecule has 0 aromatic carbocycles. The number of urea groups is 1. The number of carbonyl (C=O) groups excluding carboxylic acids is 1. The Bertz CT molecular complexity index is 642. The van der Waals surface area contributed by atoms with E-state index >= 15 is 0 Å². The summed E-state index contributed by atoms with van der Waals surface area (Å²) in [4.78, 5) is 27.4. The molecule has 1 atom stereocenters. The number of hydrogen-bond acceptors (Lipinski definition) is 6. The fourth-order valence-electron chi connectivity index (χ4n) is 3.96. The summed E-state index contributed by atoms with van der Waals surface area (Å²) >= 11 is 0. The fourth-order valence-corrected chi connectivity index (χ4v) is 3.96. The van der Waals surface area contributed by atoms with Crippen LogP contribution in [0.15, 0.2) is 12.4 Å². The lowest BCUT2D eigenvalue weighted by Crippen LogP contribution is -2.54. The Morgan fingerprint density at radius 3 is 2.65 bits per heavy atom. The summed E-state index contributed by atoms with van der Waals surface area (Å²) < 4.78 is 0. The van der Waals surface area contributed by atoms with E-state index < -0.39 is 0 Å². The third-order valence-corrected chi connectivity index (χ3v) is 5.84. The number of piperazine rings is 1. The smallest absolute Gasteiger partial charge is 0.317 e. The van der Waals surface area contributed by atoms with Gasteiger partial charge in [-0.3, -0.25) is 0 Å². The molecule has 1 aromatic rings. The maximum absolute atomic E-state index is 12.4. The molecule has 4 rings (SSSR count). The second-order valence-corrected chi connectivity index (χ2v) is 7.79. The van der Waals surface area contributed by atoms with Gasteiger partial charge in [0, 0.05) is 63.0 Å². The molecule has 2 saturated heterocycles. The molecule has 0 spiro atoms. The van der Waals surface area contributed by atoms with Crippen LogP contribution in [0.3, 0.4) is 0 Å². The van der Waals surface area contributed by atoms with Crippen molar-refractivity contribution in [2.24, 2.45) is 0 Å². The number of hydrogen-bond donors (Lipinski definition) is 2. The van der Waals surface area contributed by atoms with Gasteiger partial charge in [-0.1, -0.05) is 0 Å². The van der Waals surface area contributed by atoms with Crippen molar-refractivity contribution >= 4 is 11.8 Å². The van der Waals surface area contributed by atoms with Crippen molar-refractivity contribution in [2.75, 3.05) is 51.2 Å². The zero-order chi connectivity index (χ0) is 18.1. The van der Waals surface area contributed by atoms with Crippen molar-refractivity contribution in [1.82, 2.24) is 25.1 Å². The van der Waals surface area contributed by atoms with Crippen LogP contribution >= 0.6 is 0 Å². The highest BCUT2D eigenvalue weighted by Crippen LogP contribution is 2.37. The van der Waals surface area contributed by atoms with Crippen LogP contribution in [0.5, 0.6) is 0 Å². The van der Waals surface area contributed by atoms with E-state index in [0.29, 0.717) is 12.5 Å². The molecule has 8 nitrogen and oxygen atoms in total. The first-order valence-corrected chi connectivity index (χ1v) is 9.57. The van der Waals surface area contributed by atoms with Gasteiger partial charge in [-0.05, 0) is 26.3 Å². The molecule has 26 heavy (non-hydrogen) atoms. The Labute approximate surface area is 154 Å². The highest BCUT2D eigenvalue weighted by molar-refractivity contribution is 5.74. The second-order valence-electron chi connectivity index (χ2n) is 7.79. The third kappa shape index (κ3) is 3.76. The number of rotatable bonds is 3. The molecule has 1 saturated carbocycles. The van der Waals surface area contributed by atoms with Gasteiger partial charge < -0.3 is 25.1 Å². The molecule has 1 aromatic heterocycles. The number of nitrogens with one attached hydrogen (secondary N) is 1. The average Bonchev–Trinajstić information content (AvgIpc) is 3.05. The molecule has 0 radical (unpaired) electrons. The zero-order valence-corrected chi connectivity index (χ0v) is 15.3. The third-order valence-electron chi connectivity index (χ3n) is 5.84. The molecule has 8 heteroatoms. The number of aliphatic hydroxyl groups is 1. The summed E-state index contributed by atoms with van der Waals surface area (Å²) in [6.45, 7) is 4.97. The van der Waals surface area contributed by atoms with Crippen molar-refractivity contribution in [3.63, 3.8) is 0 Å². The van der Waals surface area contributed by atoms with E-state index in [1.165, 1.54) is 0 Å². The van der Waals surface area contributed by atoms with E-state index in [-0.39, 0.29) is 18.2 Å². The van der Waals surface area contributed by atoms with Crippen LogP contribution in [0.2, 0.25) is 0 Å². The first-order valence-electron chi connectivity index (χ1n) is 9.57. The van der Waals surface area contributed by atoms with E-state index in [2.05, 4.69) is 32.1 Å². The van der Waals surface area contributed by atoms with Gasteiger partial charge in [0.25, 0.3) is 0 Å². The van der Waals surface area contributed by atoms with Crippen molar-refractivity contribution in [2.45, 2.75) is 37.3 Å². The topological polar surface area (TPSA) is 84.8 Å². The molecule has 2 N–H and O–H groups in total. The van der Waals surface area contributed by atoms with Crippen LogP contribution < -0.4 is 10.2 Å². The van der Waals surface area contributed by atoms with Gasteiger partial charge in [0.05, 0.1) is 6.10 Å². The van der Waals surface area contributed by atoms with Crippen LogP contribution in [0.25, 0.3) is 0 Å². The first-order chi connectivity index (χ1) is 12.6. The van der Waals surface area contributed by atoms with Crippen LogP contribution in [0, 0.1) is 0 Å². The standard InChI is InChI=1S/C18H28N6O2/c1-22-4-6-23(7-5-22)18(26)21-14-8-13(9-14)16-10-17(20-12-19-16)24-3-2-15(25)11-24/h10,12-15,25H,2-9,11H2,1H3,(H,21,26)/t13?,14?,15-/m0/s1. The first kappa shape index (κ1) is 17.5. The number of anilines is 1. The minimum Gasteiger partial charge on any atom is -0.391 e. The monoisotopic (exact) mass is 360 g/mol. The molecule has 3 aliphatic rings. The fraction of sp³-hybridized carbons (Fsp3) is 0.722. The molecule has 3 heterocycles. The normalized spacial score (nSPS) is 29.5. The Balaban J connectivity index is 1.27. The van der Waals surface area contributed by atoms with Crippen LogP contribution in [-0.2, 0) is 0 Å². The van der Waals surface area contributed by atoms with E-state index in [0.717, 1.165) is 63.5 Å². The summed E-state index contributed by atoms with van der Waals surface area (Å²) in [5.41, 5.74) is 1.04. The molecular formula is C18H28N6O2. The molecular weight excluding hydrogens is 332 g/mol. The van der Waals surface area contributed by atoms with Gasteiger partial charge in [0.1, 0.15) is 12.1 Å². The van der Waals surface area contributed by atoms with E-state index in [1.54, 1.807) is 6.33 Å². The Hall–Kier alpha value is -1.93. The van der Waals surface area contributed by atoms with E-state index in [4.69, 9.17) is 0 Å². The summed E-state index contributed by atoms with van der Waals surface area (Å²) in [5, 5.41) is 12.9. The van der Waals surface area contributed by atoms with Crippen molar-refractivity contribution < 1.29 is 9.90 Å². The average molecular weight is 360 g/mol. The minimum absolute atomic E-state index is 0.0657. The van der Waals surface area contributed by atoms with Gasteiger partial charge in [-0.25, -0.2) is 14.8 Å². The number of carbonyl (C=O) groups is 1. The molecule has 2 amide bonds. The van der Waals surface area contributed by atoms with Gasteiger partial charge in [-0.2, -0.15) is 0 Å². The van der Waals surface area contributed by atoms with Crippen LogP contribution in [-0.4, -0.2) is 89.4 Å². The SMILES string of the molecule is CN1CCN(C(=O)NC2CC(c3cc(N4CC[C@H](O)C4)ncn3)C2)CC1. The summed E-state index contributed by atoms with van der Waals surface area (Å²) in [6.07, 6.45) is 4.01. The molecule has 0 bridgehead atoms. The van der Waals surface area contributed by atoms with Gasteiger partial charge in [0.2, 0.25) is 0 Å². The Morgan fingerprint density at radius 1 is 1.19 bits per heavy atom. The van der Waals surface area contributed by atoms with Crippen LogP contribution in [0.1, 0.15) is 30.9 Å². The number of aliphatic hydroxyl groups excluding tert-OH is 1. The van der Waals surface area contributed by atoms with Gasteiger partial charge in [0.15, 0.2) is 0 Å². The molecule has 0 unspecified atom stereocenters. The minimum atomic E-state index is -0.258. The zero-order valence-electron chi connectivity index (χ0n) is 15.3. The second kappa shape index (κ2) is 7.36. The van der Waals surface area contributed by atoms with Gasteiger partial charge in [-0.15, -0.1) is 0 Å². The number of β-amino-alcohol motifs (C(OH)–C–C–N with tert-alkyl or cyclic N) is 1. The largest absolute Gasteiger partial charge is 0.391 e. The van der Waals surface area contributed by atoms with Crippen LogP contribution in [0.4, 0.5) is 10.6 Å². The molecule has 1 aliphatic carbocycles. The predicted octanol–water partition coefficient (Wildman–Crippen LogP) is 0.251. The lowest BCUT2D eigenvalue weighted by atomic mass is 9.78. The van der Waals surface area contributed by atoms with Crippen molar-refractivity contribution in [1.29, 1.82) is 0 Å². The van der Waals surface area contributed by atoms with Crippen molar-refractivity contribution in [3.05, 3.63) is 18.1 Å². The highest BCUT2D eigenvalue weighted by atomic mass is 16.3. The van der Waals surface area contributed by atoms with Crippen molar-refractivity contribution in [3.8, 4) is 0 Å². The number of likely N-dealkylation sites (N-methyl/N-ethyl adjacent to an activating group) is 1. The summed E-state index contributed by atoms with van der Waals surface area (Å²) in [6, 6.07) is 2.34. The predicted molar refractivity (Wildman–Crippen MR) is 98.2 cm³/mol. The summed E-state index contributed by atoms with van der Waals surface area (Å²) in [7, 11) is 2.09. The number of amides is 2. The lowest BCUT2D eigenvalue weighted by Gasteiger charge is -2.38. The molecule has 3 fully saturated rings. The molecule has 142 valence electrons. The lowest BCUT2D eigenvalue weighted by molar-refractivity contribution is 0.145. The maximum atomic E-state index is 12.4. The number of nitrogens with zero attached hydrogens (tertiary/aromatic N) is 5. The maximum Gasteiger partial charge on any atom is 0.317 e. The highest BCUT2D eigenvalue weighted by Gasteiger charge is 2.34. The molecule has 2 aliphatic heterocycles. The van der Waals surface area contributed by atoms with E-state index in [9.17, 15) is 9.90 Å². The Kier molecular flexibility index (Phi) is 4.95. The number of aromatic nitrogens is 2. The summed E-state index contributed by atoms with van der Waals surface area (Å²) in [5.74, 6) is 1.28. The van der Waals surface area contributed by atoms with Gasteiger partial charge >= 0.3 is 6.03 Å². The quantitative estimate of drug-likeness (QED) is 0.804. The van der Waals surface area contributed by atoms with E-state index in [1.807, 2.05) is 11.0 Å².